The Hall–Kier alpha value is -0.275. The average Bonchev–Trinajstić information content (AvgIpc) is 2.48. The molecule has 2 nitrogen and oxygen atoms in total. The summed E-state index contributed by atoms with van der Waals surface area (Å²) in [6, 6.07) is 0. The van der Waals surface area contributed by atoms with Crippen LogP contribution in [0.15, 0.2) is 11.5 Å². The first kappa shape index (κ1) is 13.2. The predicted molar refractivity (Wildman–Crippen MR) is 71.8 cm³/mol. The van der Waals surface area contributed by atoms with E-state index in [2.05, 4.69) is 40.7 Å². The van der Waals surface area contributed by atoms with Gasteiger partial charge in [0.15, 0.2) is 0 Å². The first-order chi connectivity index (χ1) is 7.86. The molecule has 3 heteroatoms. The van der Waals surface area contributed by atoms with E-state index in [1.165, 1.54) is 24.7 Å². The lowest BCUT2D eigenvalue weighted by molar-refractivity contribution is 0.00578. The third kappa shape index (κ3) is 2.46. The summed E-state index contributed by atoms with van der Waals surface area (Å²) in [4.78, 5) is 0. The zero-order valence-corrected chi connectivity index (χ0v) is 11.9. The van der Waals surface area contributed by atoms with Gasteiger partial charge in [-0.2, -0.15) is 0 Å². The van der Waals surface area contributed by atoms with Crippen LogP contribution in [0.2, 0.25) is 0 Å². The molecule has 2 aliphatic rings. The smallest absolute Gasteiger partial charge is 0.400 e. The second-order valence-corrected chi connectivity index (χ2v) is 6.42. The van der Waals surface area contributed by atoms with Gasteiger partial charge in [0.1, 0.15) is 0 Å². The molecule has 1 aliphatic carbocycles. The third-order valence-corrected chi connectivity index (χ3v) is 4.69. The third-order valence-electron chi connectivity index (χ3n) is 4.69. The van der Waals surface area contributed by atoms with Gasteiger partial charge in [-0.05, 0) is 58.3 Å². The fourth-order valence-corrected chi connectivity index (χ4v) is 2.49. The average molecular weight is 236 g/mol. The second kappa shape index (κ2) is 4.44. The van der Waals surface area contributed by atoms with E-state index >= 15 is 0 Å². The highest BCUT2D eigenvalue weighted by molar-refractivity contribution is 6.54. The number of hydrogen-bond donors (Lipinski definition) is 0. The maximum atomic E-state index is 6.08. The Labute approximate surface area is 106 Å². The van der Waals surface area contributed by atoms with Crippen molar-refractivity contribution in [3.8, 4) is 0 Å². The first-order valence-electron chi connectivity index (χ1n) is 6.90. The molecule has 1 fully saturated rings. The minimum Gasteiger partial charge on any atom is -0.400 e. The Balaban J connectivity index is 2.05. The molecule has 0 spiro atoms. The summed E-state index contributed by atoms with van der Waals surface area (Å²) in [6.07, 6.45) is 7.24. The van der Waals surface area contributed by atoms with Crippen molar-refractivity contribution in [2.45, 2.75) is 71.5 Å². The Morgan fingerprint density at radius 3 is 2.24 bits per heavy atom. The first-order valence-corrected chi connectivity index (χ1v) is 6.90. The number of allylic oxidation sites excluding steroid dienone is 2. The van der Waals surface area contributed by atoms with Gasteiger partial charge < -0.3 is 9.31 Å². The quantitative estimate of drug-likeness (QED) is 0.679. The molecular formula is C14H25BO2. The fourth-order valence-electron chi connectivity index (χ4n) is 2.49. The van der Waals surface area contributed by atoms with E-state index in [4.69, 9.17) is 9.31 Å². The van der Waals surface area contributed by atoms with Crippen molar-refractivity contribution in [3.05, 3.63) is 11.5 Å². The topological polar surface area (TPSA) is 18.5 Å². The van der Waals surface area contributed by atoms with Crippen molar-refractivity contribution in [3.63, 3.8) is 0 Å². The molecule has 1 atom stereocenters. The molecule has 1 saturated heterocycles. The Kier molecular flexibility index (Phi) is 3.43. The lowest BCUT2D eigenvalue weighted by Crippen LogP contribution is -2.41. The van der Waals surface area contributed by atoms with E-state index in [1.54, 1.807) is 0 Å². The van der Waals surface area contributed by atoms with Crippen molar-refractivity contribution >= 4 is 7.12 Å². The highest BCUT2D eigenvalue weighted by atomic mass is 16.7. The molecule has 0 aromatic rings. The van der Waals surface area contributed by atoms with Crippen molar-refractivity contribution in [2.24, 2.45) is 5.92 Å². The van der Waals surface area contributed by atoms with Gasteiger partial charge in [0.25, 0.3) is 0 Å². The van der Waals surface area contributed by atoms with Crippen molar-refractivity contribution in [1.29, 1.82) is 0 Å². The van der Waals surface area contributed by atoms with Gasteiger partial charge >= 0.3 is 7.12 Å². The van der Waals surface area contributed by atoms with Crippen molar-refractivity contribution < 1.29 is 9.31 Å². The van der Waals surface area contributed by atoms with E-state index < -0.39 is 0 Å². The standard InChI is InChI=1S/C14H25BO2/c1-6-11-7-9-12(10-8-11)15-16-13(2,3)14(4,5)17-15/h9,11H,6-8,10H2,1-5H3/t11-/m1/s1. The maximum Gasteiger partial charge on any atom is 0.490 e. The second-order valence-electron chi connectivity index (χ2n) is 6.42. The molecule has 1 aliphatic heterocycles. The molecule has 17 heavy (non-hydrogen) atoms. The van der Waals surface area contributed by atoms with Crippen molar-refractivity contribution in [2.75, 3.05) is 0 Å². The molecule has 1 heterocycles. The van der Waals surface area contributed by atoms with E-state index in [-0.39, 0.29) is 18.3 Å². The Bertz CT molecular complexity index is 304. The molecular weight excluding hydrogens is 211 g/mol. The molecule has 0 amide bonds. The fraction of sp³-hybridized carbons (Fsp3) is 0.857. The summed E-state index contributed by atoms with van der Waals surface area (Å²) in [5.41, 5.74) is 0.939. The molecule has 0 bridgehead atoms. The molecule has 2 rings (SSSR count). The van der Waals surface area contributed by atoms with Crippen LogP contribution in [0.25, 0.3) is 0 Å². The number of rotatable bonds is 2. The molecule has 0 aromatic heterocycles. The van der Waals surface area contributed by atoms with Gasteiger partial charge in [-0.3, -0.25) is 0 Å². The summed E-state index contributed by atoms with van der Waals surface area (Å²) >= 11 is 0. The highest BCUT2D eigenvalue weighted by Crippen LogP contribution is 2.40. The minimum atomic E-state index is -0.208. The minimum absolute atomic E-state index is 0.113. The van der Waals surface area contributed by atoms with E-state index in [0.29, 0.717) is 0 Å². The Morgan fingerprint density at radius 2 is 1.82 bits per heavy atom. The van der Waals surface area contributed by atoms with E-state index in [0.717, 1.165) is 12.3 Å². The van der Waals surface area contributed by atoms with Gasteiger partial charge in [-0.1, -0.05) is 19.4 Å². The maximum absolute atomic E-state index is 6.08. The zero-order valence-electron chi connectivity index (χ0n) is 11.9. The summed E-state index contributed by atoms with van der Waals surface area (Å²) < 4.78 is 12.2. The van der Waals surface area contributed by atoms with Gasteiger partial charge in [0.2, 0.25) is 0 Å². The predicted octanol–water partition coefficient (Wildman–Crippen LogP) is 3.75. The van der Waals surface area contributed by atoms with E-state index in [1.807, 2.05) is 0 Å². The Morgan fingerprint density at radius 1 is 1.24 bits per heavy atom. The zero-order chi connectivity index (χ0) is 12.7. The van der Waals surface area contributed by atoms with Gasteiger partial charge in [-0.15, -0.1) is 0 Å². The summed E-state index contributed by atoms with van der Waals surface area (Å²) in [5, 5.41) is 0. The highest BCUT2D eigenvalue weighted by Gasteiger charge is 2.52. The molecule has 0 unspecified atom stereocenters. The van der Waals surface area contributed by atoms with Crippen LogP contribution in [0, 0.1) is 5.92 Å². The normalized spacial score (nSPS) is 31.5. The lowest BCUT2D eigenvalue weighted by atomic mass is 9.70. The van der Waals surface area contributed by atoms with Crippen LogP contribution in [0.1, 0.15) is 60.3 Å². The molecule has 0 radical (unpaired) electrons. The van der Waals surface area contributed by atoms with Crippen LogP contribution >= 0.6 is 0 Å². The van der Waals surface area contributed by atoms with Gasteiger partial charge in [-0.25, -0.2) is 0 Å². The van der Waals surface area contributed by atoms with Crippen LogP contribution in [0.5, 0.6) is 0 Å². The van der Waals surface area contributed by atoms with Crippen LogP contribution in [-0.2, 0) is 9.31 Å². The molecule has 0 N–H and O–H groups in total. The summed E-state index contributed by atoms with van der Waals surface area (Å²) in [6.45, 7) is 10.7. The summed E-state index contributed by atoms with van der Waals surface area (Å²) in [7, 11) is -0.113. The van der Waals surface area contributed by atoms with Crippen LogP contribution in [-0.4, -0.2) is 18.3 Å². The largest absolute Gasteiger partial charge is 0.490 e. The van der Waals surface area contributed by atoms with Gasteiger partial charge in [0, 0.05) is 0 Å². The van der Waals surface area contributed by atoms with Gasteiger partial charge in [0.05, 0.1) is 11.2 Å². The lowest BCUT2D eigenvalue weighted by Gasteiger charge is -2.32. The number of hydrogen-bond acceptors (Lipinski definition) is 2. The molecule has 0 saturated carbocycles. The molecule has 0 aromatic carbocycles. The molecule has 96 valence electrons. The van der Waals surface area contributed by atoms with E-state index in [9.17, 15) is 0 Å². The van der Waals surface area contributed by atoms with Crippen LogP contribution in [0.4, 0.5) is 0 Å². The van der Waals surface area contributed by atoms with Crippen LogP contribution < -0.4 is 0 Å². The monoisotopic (exact) mass is 236 g/mol. The summed E-state index contributed by atoms with van der Waals surface area (Å²) in [5.74, 6) is 0.862. The van der Waals surface area contributed by atoms with Crippen molar-refractivity contribution in [1.82, 2.24) is 0 Å². The SMILES string of the molecule is CC[C@@H]1CC=C(B2OC(C)(C)C(C)(C)O2)CC1. The van der Waals surface area contributed by atoms with Crippen LogP contribution in [0.3, 0.4) is 0 Å².